The zero-order chi connectivity index (χ0) is 36.7. The molecule has 0 atom stereocenters. The lowest BCUT2D eigenvalue weighted by Crippen LogP contribution is -2.11. The van der Waals surface area contributed by atoms with E-state index in [2.05, 4.69) is 169 Å². The van der Waals surface area contributed by atoms with Gasteiger partial charge in [-0.05, 0) is 77.0 Å². The first-order chi connectivity index (χ1) is 27.7. The molecule has 262 valence electrons. The molecule has 9 aromatic carbocycles. The van der Waals surface area contributed by atoms with Crippen LogP contribution in [-0.4, -0.2) is 0 Å². The Balaban J connectivity index is 1.06. The van der Waals surface area contributed by atoms with Crippen LogP contribution in [0.3, 0.4) is 0 Å². The topological polar surface area (TPSA) is 42.7 Å². The van der Waals surface area contributed by atoms with Crippen LogP contribution in [0.4, 0.5) is 17.1 Å². The Bertz CT molecular complexity index is 3490. The first-order valence-electron chi connectivity index (χ1n) is 18.9. The minimum Gasteiger partial charge on any atom is -0.456 e. The number of benzene rings is 9. The van der Waals surface area contributed by atoms with Gasteiger partial charge in [0.2, 0.25) is 0 Å². The van der Waals surface area contributed by atoms with Gasteiger partial charge >= 0.3 is 0 Å². The maximum absolute atomic E-state index is 6.77. The van der Waals surface area contributed by atoms with Gasteiger partial charge in [0.25, 0.3) is 0 Å². The summed E-state index contributed by atoms with van der Waals surface area (Å²) in [5, 5.41) is 8.97. The van der Waals surface area contributed by atoms with E-state index in [4.69, 9.17) is 13.3 Å². The van der Waals surface area contributed by atoms with Crippen molar-refractivity contribution in [3.63, 3.8) is 0 Å². The molecule has 0 bridgehead atoms. The second kappa shape index (κ2) is 12.0. The van der Waals surface area contributed by atoms with E-state index in [0.29, 0.717) is 0 Å². The predicted octanol–water partition coefficient (Wildman–Crippen LogP) is 15.3. The second-order valence-corrected chi connectivity index (χ2v) is 14.4. The van der Waals surface area contributed by atoms with Gasteiger partial charge in [0.1, 0.15) is 33.5 Å². The summed E-state index contributed by atoms with van der Waals surface area (Å²) < 4.78 is 19.5. The van der Waals surface area contributed by atoms with Gasteiger partial charge in [-0.15, -0.1) is 0 Å². The van der Waals surface area contributed by atoms with Gasteiger partial charge in [-0.2, -0.15) is 0 Å². The summed E-state index contributed by atoms with van der Waals surface area (Å²) in [6.45, 7) is 0. The molecular formula is C52H31NO3. The smallest absolute Gasteiger partial charge is 0.143 e. The summed E-state index contributed by atoms with van der Waals surface area (Å²) >= 11 is 0. The molecule has 0 spiro atoms. The third-order valence-electron chi connectivity index (χ3n) is 11.3. The molecule has 4 heteroatoms. The zero-order valence-electron chi connectivity index (χ0n) is 30.1. The van der Waals surface area contributed by atoms with E-state index in [1.807, 2.05) is 24.3 Å². The van der Waals surface area contributed by atoms with Crippen LogP contribution in [0.5, 0.6) is 0 Å². The number of hydrogen-bond acceptors (Lipinski definition) is 4. The van der Waals surface area contributed by atoms with E-state index < -0.39 is 0 Å². The molecule has 0 aliphatic carbocycles. The third kappa shape index (κ3) is 4.66. The Morgan fingerprint density at radius 1 is 0.304 bits per heavy atom. The highest BCUT2D eigenvalue weighted by Crippen LogP contribution is 2.46. The molecule has 3 heterocycles. The lowest BCUT2D eigenvalue weighted by Gasteiger charge is -2.28. The highest BCUT2D eigenvalue weighted by molar-refractivity contribution is 6.14. The maximum Gasteiger partial charge on any atom is 0.143 e. The average molecular weight is 718 g/mol. The molecule has 0 saturated heterocycles. The highest BCUT2D eigenvalue weighted by atomic mass is 16.3. The lowest BCUT2D eigenvalue weighted by molar-refractivity contribution is 0.669. The van der Waals surface area contributed by atoms with Crippen molar-refractivity contribution in [3.05, 3.63) is 188 Å². The number of para-hydroxylation sites is 5. The van der Waals surface area contributed by atoms with Crippen LogP contribution in [0.1, 0.15) is 0 Å². The molecule has 0 aliphatic heterocycles. The minimum atomic E-state index is 0.858. The SMILES string of the molecule is c1ccc(N(c2ccc(-c3cccc4c3oc3ccccc34)cc2)c2ccc3oc4ccccc4c3c2)c(-c2cccc3c2oc2cc4ccccc4cc23)c1. The molecule has 12 rings (SSSR count). The summed E-state index contributed by atoms with van der Waals surface area (Å²) in [5.74, 6) is 0. The van der Waals surface area contributed by atoms with Crippen molar-refractivity contribution in [1.29, 1.82) is 0 Å². The summed E-state index contributed by atoms with van der Waals surface area (Å²) in [6, 6.07) is 66.1. The number of hydrogen-bond donors (Lipinski definition) is 0. The number of nitrogens with zero attached hydrogens (tertiary/aromatic N) is 1. The van der Waals surface area contributed by atoms with E-state index in [1.165, 1.54) is 5.39 Å². The van der Waals surface area contributed by atoms with Crippen LogP contribution in [0.25, 0.3) is 98.8 Å². The largest absolute Gasteiger partial charge is 0.456 e. The van der Waals surface area contributed by atoms with Gasteiger partial charge in [-0.25, -0.2) is 0 Å². The van der Waals surface area contributed by atoms with Gasteiger partial charge in [-0.1, -0.05) is 127 Å². The summed E-state index contributed by atoms with van der Waals surface area (Å²) in [6.07, 6.45) is 0. The van der Waals surface area contributed by atoms with Gasteiger partial charge < -0.3 is 18.2 Å². The molecule has 4 nitrogen and oxygen atoms in total. The first kappa shape index (κ1) is 30.9. The van der Waals surface area contributed by atoms with Crippen molar-refractivity contribution in [2.45, 2.75) is 0 Å². The molecule has 0 saturated carbocycles. The summed E-state index contributed by atoms with van der Waals surface area (Å²) in [5.41, 5.74) is 12.6. The standard InChI is InChI=1S/C52H31NO3/c1-2-12-34-30-50-44(29-33(34)11-1)43-19-10-17-41(52(43)56-50)38-13-3-6-20-46(38)53(36-27-28-49-45(31-36)40-15-5-7-21-47(40)54-49)35-25-23-32(24-26-35)37-16-9-18-42-39-14-4-8-22-48(39)55-51(37)42/h1-31H. The molecule has 0 amide bonds. The van der Waals surface area contributed by atoms with E-state index in [9.17, 15) is 0 Å². The number of furan rings is 3. The monoisotopic (exact) mass is 717 g/mol. The summed E-state index contributed by atoms with van der Waals surface area (Å²) in [4.78, 5) is 2.35. The Labute approximate surface area is 321 Å². The molecule has 12 aromatic rings. The van der Waals surface area contributed by atoms with Crippen LogP contribution >= 0.6 is 0 Å². The molecule has 3 aromatic heterocycles. The van der Waals surface area contributed by atoms with Crippen molar-refractivity contribution in [3.8, 4) is 22.3 Å². The van der Waals surface area contributed by atoms with Crippen molar-refractivity contribution >= 4 is 93.7 Å². The highest BCUT2D eigenvalue weighted by Gasteiger charge is 2.22. The third-order valence-corrected chi connectivity index (χ3v) is 11.3. The molecule has 0 aliphatic rings. The average Bonchev–Trinajstić information content (AvgIpc) is 3.94. The first-order valence-corrected chi connectivity index (χ1v) is 18.9. The molecule has 0 N–H and O–H groups in total. The molecular weight excluding hydrogens is 687 g/mol. The van der Waals surface area contributed by atoms with Gasteiger partial charge in [0, 0.05) is 60.4 Å². The number of fused-ring (bicyclic) bond motifs is 10. The van der Waals surface area contributed by atoms with Crippen LogP contribution in [0, 0.1) is 0 Å². The van der Waals surface area contributed by atoms with E-state index in [0.717, 1.165) is 111 Å². The fraction of sp³-hybridized carbons (Fsp3) is 0. The molecule has 0 unspecified atom stereocenters. The maximum atomic E-state index is 6.77. The van der Waals surface area contributed by atoms with E-state index >= 15 is 0 Å². The van der Waals surface area contributed by atoms with Crippen molar-refractivity contribution in [2.75, 3.05) is 4.90 Å². The van der Waals surface area contributed by atoms with Crippen LogP contribution in [0.2, 0.25) is 0 Å². The van der Waals surface area contributed by atoms with Crippen LogP contribution < -0.4 is 4.90 Å². The lowest BCUT2D eigenvalue weighted by atomic mass is 9.98. The number of rotatable bonds is 5. The van der Waals surface area contributed by atoms with E-state index in [-0.39, 0.29) is 0 Å². The van der Waals surface area contributed by atoms with Crippen molar-refractivity contribution < 1.29 is 13.3 Å². The van der Waals surface area contributed by atoms with Crippen LogP contribution in [0.15, 0.2) is 201 Å². The van der Waals surface area contributed by atoms with Crippen molar-refractivity contribution in [1.82, 2.24) is 0 Å². The Morgan fingerprint density at radius 3 is 1.66 bits per heavy atom. The minimum absolute atomic E-state index is 0.858. The fourth-order valence-corrected chi connectivity index (χ4v) is 8.64. The predicted molar refractivity (Wildman–Crippen MR) is 231 cm³/mol. The molecule has 0 fully saturated rings. The van der Waals surface area contributed by atoms with Gasteiger partial charge in [0.05, 0.1) is 5.69 Å². The molecule has 56 heavy (non-hydrogen) atoms. The van der Waals surface area contributed by atoms with Crippen molar-refractivity contribution in [2.24, 2.45) is 0 Å². The molecule has 0 radical (unpaired) electrons. The van der Waals surface area contributed by atoms with Gasteiger partial charge in [-0.3, -0.25) is 0 Å². The van der Waals surface area contributed by atoms with Gasteiger partial charge in [0.15, 0.2) is 0 Å². The second-order valence-electron chi connectivity index (χ2n) is 14.4. The number of anilines is 3. The summed E-state index contributed by atoms with van der Waals surface area (Å²) in [7, 11) is 0. The Kier molecular flexibility index (Phi) is 6.60. The quantitative estimate of drug-likeness (QED) is 0.178. The normalized spacial score (nSPS) is 11.9. The fourth-order valence-electron chi connectivity index (χ4n) is 8.64. The van der Waals surface area contributed by atoms with E-state index in [1.54, 1.807) is 0 Å². The zero-order valence-corrected chi connectivity index (χ0v) is 30.1. The Hall–Kier alpha value is -7.56. The van der Waals surface area contributed by atoms with Crippen LogP contribution in [-0.2, 0) is 0 Å². The Morgan fingerprint density at radius 2 is 0.839 bits per heavy atom.